The maximum atomic E-state index is 13.9. The molecule has 0 bridgehead atoms. The van der Waals surface area contributed by atoms with E-state index in [4.69, 9.17) is 30.7 Å². The van der Waals surface area contributed by atoms with Crippen LogP contribution in [0.25, 0.3) is 0 Å². The molecular formula is C112H135BrN16O11S2. The number of piperazine rings is 2. The number of carboxylic acid groups (broad SMARTS) is 1. The summed E-state index contributed by atoms with van der Waals surface area (Å²) < 4.78 is 57.7. The summed E-state index contributed by atoms with van der Waals surface area (Å²) >= 11 is 3.45. The predicted octanol–water partition coefficient (Wildman–Crippen LogP) is 17.7. The average molecular weight is 2030 g/mol. The van der Waals surface area contributed by atoms with Crippen molar-refractivity contribution in [3.8, 4) is 24.3 Å². The number of benzene rings is 9. The Morgan fingerprint density at radius 2 is 0.704 bits per heavy atom. The summed E-state index contributed by atoms with van der Waals surface area (Å²) in [6, 6.07) is 58.7. The van der Waals surface area contributed by atoms with Crippen LogP contribution in [-0.4, -0.2) is 181 Å². The number of nitrogens with zero attached hydrogens (tertiary/aromatic N) is 12. The molecule has 748 valence electrons. The van der Waals surface area contributed by atoms with Crippen molar-refractivity contribution in [1.29, 1.82) is 21.0 Å². The number of nitriles is 4. The van der Waals surface area contributed by atoms with Crippen LogP contribution in [0, 0.1) is 146 Å². The van der Waals surface area contributed by atoms with Gasteiger partial charge in [-0.1, -0.05) is 101 Å². The molecule has 30 heteroatoms. The number of pyridine rings is 1. The standard InChI is InChI=1S/C32H38N6O3S.C24H28N2O2.C23H26N2O2.C12H15N3.C11H13BrO2.C10H15N3O2S/c1-22-19-23(2)30(32(39)38-17-15-37(16-18-38)31-29(42(34,40)41)9-6-12-35-31)24(3)27(22)20-25-10-13-36(14-11-25)28-8-5-4-7-26(28)21-33;1-16-13-17(2)23(24(27)28-4)18(3)21(16)14-19-9-11-26(12-10-19)22-8-6-5-7-20(22)15-25;1-15-12-16(2)22(23(26)27)17(3)20(15)13-18-8-10-25(11-9-18)21-7-5-4-6-19(21)14-24;13-9-10-3-1-2-4-12(10)15-7-5-11(14)6-8-15;1-6-5-7(2)10(12)8(3)9(6)11(13)14-4;11-16(14,15)10-4-2-1-3-9(10)13-7-5-12-6-8-13/h4-9,12,19,25H,10-11,13-18,20H2,1-3H3,(H2,34,40,41);5-8,13,19H,9-12,14H2,1-4H3;4-7,12,18H,8-11,13H2,1-3H3,(H,26,27);1-4,11H,5-8,14H2;5H,1-4H3;1-4,12H,5-8H2,(H2,11,14,15). The second-order valence-electron chi connectivity index (χ2n) is 37.7. The lowest BCUT2D eigenvalue weighted by Gasteiger charge is -2.37. The van der Waals surface area contributed by atoms with Crippen LogP contribution in [0.4, 0.5) is 34.3 Å². The highest BCUT2D eigenvalue weighted by molar-refractivity contribution is 9.10. The van der Waals surface area contributed by atoms with Crippen LogP contribution in [0.1, 0.15) is 199 Å². The summed E-state index contributed by atoms with van der Waals surface area (Å²) in [6.45, 7) is 36.8. The number of carbonyl (C=O) groups excluding carboxylic acids is 3. The summed E-state index contributed by atoms with van der Waals surface area (Å²) in [5.41, 5.74) is 32.4. The molecule has 10 aromatic rings. The van der Waals surface area contributed by atoms with E-state index in [9.17, 15) is 56.9 Å². The molecule has 6 aliphatic rings. The van der Waals surface area contributed by atoms with Crippen molar-refractivity contribution in [3.05, 3.63) is 296 Å². The predicted molar refractivity (Wildman–Crippen MR) is 567 cm³/mol. The number of primary sulfonamides is 2. The minimum atomic E-state index is -3.91. The number of methoxy groups -OCH3 is 2. The molecule has 1 amide bonds. The van der Waals surface area contributed by atoms with E-state index in [1.165, 1.54) is 53.7 Å². The van der Waals surface area contributed by atoms with Crippen molar-refractivity contribution in [2.75, 3.05) is 148 Å². The number of aromatic nitrogens is 1. The van der Waals surface area contributed by atoms with Crippen molar-refractivity contribution in [3.63, 3.8) is 0 Å². The number of piperidine rings is 4. The number of rotatable bonds is 18. The molecule has 0 aliphatic carbocycles. The largest absolute Gasteiger partial charge is 0.478 e. The van der Waals surface area contributed by atoms with Gasteiger partial charge in [0.05, 0.1) is 81.6 Å². The Morgan fingerprint density at radius 3 is 1.07 bits per heavy atom. The lowest BCUT2D eigenvalue weighted by atomic mass is 9.83. The number of halogens is 1. The summed E-state index contributed by atoms with van der Waals surface area (Å²) in [7, 11) is -4.72. The van der Waals surface area contributed by atoms with E-state index in [0.717, 1.165) is 254 Å². The number of esters is 2. The normalized spacial score (nSPS) is 15.4. The highest BCUT2D eigenvalue weighted by atomic mass is 79.9. The molecule has 6 saturated heterocycles. The summed E-state index contributed by atoms with van der Waals surface area (Å²) in [6.07, 6.45) is 12.7. The number of anilines is 6. The number of carboxylic acids is 1. The van der Waals surface area contributed by atoms with E-state index >= 15 is 0 Å². The van der Waals surface area contributed by atoms with Crippen LogP contribution < -0.4 is 50.7 Å². The number of nitrogens with one attached hydrogen (secondary N) is 1. The Kier molecular flexibility index (Phi) is 39.0. The summed E-state index contributed by atoms with van der Waals surface area (Å²) in [5, 5.41) is 60.6. The molecule has 6 aliphatic heterocycles. The van der Waals surface area contributed by atoms with E-state index < -0.39 is 26.0 Å². The Hall–Kier alpha value is -13.0. The van der Waals surface area contributed by atoms with Crippen LogP contribution in [0.15, 0.2) is 178 Å². The Bertz CT molecular complexity index is 6620. The van der Waals surface area contributed by atoms with Crippen LogP contribution in [-0.2, 0) is 48.8 Å². The number of hydrogen-bond donors (Lipinski definition) is 5. The van der Waals surface area contributed by atoms with Gasteiger partial charge in [0.2, 0.25) is 20.0 Å². The number of para-hydroxylation sites is 5. The van der Waals surface area contributed by atoms with Gasteiger partial charge in [0.25, 0.3) is 5.91 Å². The zero-order valence-corrected chi connectivity index (χ0v) is 87.5. The average Bonchev–Trinajstić information content (AvgIpc) is 0.741. The van der Waals surface area contributed by atoms with Gasteiger partial charge in [-0.2, -0.15) is 21.0 Å². The molecule has 8 N–H and O–H groups in total. The topological polar surface area (TPSA) is 396 Å². The van der Waals surface area contributed by atoms with Crippen molar-refractivity contribution >= 4 is 94.0 Å². The number of nitrogens with two attached hydrogens (primary N) is 3. The number of sulfonamides is 2. The molecule has 1 aromatic heterocycles. The number of aromatic carboxylic acids is 1. The number of ether oxygens (including phenoxy) is 2. The van der Waals surface area contributed by atoms with Crippen LogP contribution in [0.5, 0.6) is 0 Å². The second kappa shape index (κ2) is 50.6. The minimum Gasteiger partial charge on any atom is -0.478 e. The third-order valence-electron chi connectivity index (χ3n) is 28.4. The number of aryl methyl sites for hydroxylation is 8. The quantitative estimate of drug-likeness (QED) is 0.0498. The third-order valence-corrected chi connectivity index (χ3v) is 31.5. The van der Waals surface area contributed by atoms with Gasteiger partial charge in [0.15, 0.2) is 0 Å². The second-order valence-corrected chi connectivity index (χ2v) is 41.6. The van der Waals surface area contributed by atoms with Crippen molar-refractivity contribution in [2.45, 2.75) is 170 Å². The third kappa shape index (κ3) is 27.4. The van der Waals surface area contributed by atoms with E-state index in [-0.39, 0.29) is 27.6 Å². The van der Waals surface area contributed by atoms with Gasteiger partial charge in [0.1, 0.15) is 39.9 Å². The number of hydrogen-bond acceptors (Lipinski definition) is 23. The molecule has 9 aromatic carbocycles. The molecule has 7 heterocycles. The van der Waals surface area contributed by atoms with E-state index in [2.05, 4.69) is 110 Å². The van der Waals surface area contributed by atoms with Gasteiger partial charge in [-0.05, 0) is 328 Å². The van der Waals surface area contributed by atoms with Gasteiger partial charge < -0.3 is 59.9 Å². The minimum absolute atomic E-state index is 0.000234. The first-order valence-electron chi connectivity index (χ1n) is 48.6. The number of amides is 1. The molecule has 16 rings (SSSR count). The van der Waals surface area contributed by atoms with Gasteiger partial charge in [-0.25, -0.2) is 46.5 Å². The fraction of sp³-hybridized carbons (Fsp3) is 0.402. The zero-order valence-electron chi connectivity index (χ0n) is 84.3. The molecule has 27 nitrogen and oxygen atoms in total. The first-order chi connectivity index (χ1) is 67.8. The van der Waals surface area contributed by atoms with E-state index in [1.807, 2.05) is 185 Å². The smallest absolute Gasteiger partial charge is 0.338 e. The Balaban J connectivity index is 0.000000170. The highest BCUT2D eigenvalue weighted by Gasteiger charge is 2.34. The maximum absolute atomic E-state index is 13.9. The zero-order chi connectivity index (χ0) is 103. The fourth-order valence-electron chi connectivity index (χ4n) is 20.8. The summed E-state index contributed by atoms with van der Waals surface area (Å²) in [4.78, 5) is 68.6. The maximum Gasteiger partial charge on any atom is 0.338 e. The van der Waals surface area contributed by atoms with E-state index in [0.29, 0.717) is 78.2 Å². The molecule has 0 spiro atoms. The molecule has 0 atom stereocenters. The Labute approximate surface area is 847 Å². The molecule has 0 radical (unpaired) electrons. The number of carbonyl (C=O) groups is 4. The fourth-order valence-corrected chi connectivity index (χ4v) is 22.5. The van der Waals surface area contributed by atoms with Gasteiger partial charge in [-0.15, -0.1) is 0 Å². The first-order valence-corrected chi connectivity index (χ1v) is 52.5. The van der Waals surface area contributed by atoms with Gasteiger partial charge >= 0.3 is 17.9 Å². The van der Waals surface area contributed by atoms with Crippen LogP contribution in [0.2, 0.25) is 0 Å². The van der Waals surface area contributed by atoms with Gasteiger partial charge in [-0.3, -0.25) is 4.79 Å². The Morgan fingerprint density at radius 1 is 0.394 bits per heavy atom. The van der Waals surface area contributed by atoms with Gasteiger partial charge in [0, 0.05) is 127 Å². The van der Waals surface area contributed by atoms with E-state index in [1.54, 1.807) is 30.5 Å². The molecular weight excluding hydrogens is 1890 g/mol. The lowest BCUT2D eigenvalue weighted by molar-refractivity contribution is 0.0589. The van der Waals surface area contributed by atoms with Crippen LogP contribution >= 0.6 is 15.9 Å². The molecule has 0 saturated carbocycles. The molecule has 142 heavy (non-hydrogen) atoms. The molecule has 0 unspecified atom stereocenters. The SMILES string of the molecule is COC(=O)c1c(C)cc(C)c(Br)c1C.COC(=O)c1c(C)cc(C)c(CC2CCN(c3ccccc3C#N)CC2)c1C.Cc1cc(C)c(C(=O)N2CCN(c3ncccc3S(N)(=O)=O)CC2)c(C)c1CC1CCN(c2ccccc2C#N)CC1.Cc1cc(C)c(C(=O)O)c(C)c1CC1CCN(c2ccccc2C#N)CC1.N#Cc1ccccc1N1CCC(N)CC1.NS(=O)(=O)c1ccccc1N1CCNCC1. The van der Waals surface area contributed by atoms with Crippen molar-refractivity contribution in [1.82, 2.24) is 15.2 Å². The van der Waals surface area contributed by atoms with Crippen LogP contribution in [0.3, 0.4) is 0 Å². The van der Waals surface area contributed by atoms with Crippen molar-refractivity contribution < 1.29 is 50.6 Å². The lowest BCUT2D eigenvalue weighted by Crippen LogP contribution is -2.49. The van der Waals surface area contributed by atoms with Crippen molar-refractivity contribution in [2.24, 2.45) is 33.8 Å². The molecule has 6 fully saturated rings. The first kappa shape index (κ1) is 109. The summed E-state index contributed by atoms with van der Waals surface area (Å²) in [5.74, 6) is 0.608. The monoisotopic (exact) mass is 2020 g/mol. The highest BCUT2D eigenvalue weighted by Crippen LogP contribution is 2.39.